The molecule has 0 saturated carbocycles. The molecule has 1 unspecified atom stereocenters. The van der Waals surface area contributed by atoms with Gasteiger partial charge < -0.3 is 14.6 Å². The van der Waals surface area contributed by atoms with Gasteiger partial charge in [-0.2, -0.15) is 0 Å². The van der Waals surface area contributed by atoms with Crippen LogP contribution in [0.5, 0.6) is 11.5 Å². The molecule has 0 radical (unpaired) electrons. The quantitative estimate of drug-likeness (QED) is 0.639. The first-order chi connectivity index (χ1) is 14.0. The zero-order chi connectivity index (χ0) is 20.3. The number of fused-ring (bicyclic) bond motifs is 1. The maximum atomic E-state index is 11.0. The van der Waals surface area contributed by atoms with E-state index in [2.05, 4.69) is 30.0 Å². The van der Waals surface area contributed by atoms with Gasteiger partial charge in [0.15, 0.2) is 0 Å². The van der Waals surface area contributed by atoms with Gasteiger partial charge in [0.05, 0.1) is 0 Å². The lowest BCUT2D eigenvalue weighted by Gasteiger charge is -2.25. The number of rotatable bonds is 6. The van der Waals surface area contributed by atoms with E-state index in [1.54, 1.807) is 6.92 Å². The van der Waals surface area contributed by atoms with E-state index in [0.717, 1.165) is 42.3 Å². The van der Waals surface area contributed by atoms with Crippen LogP contribution in [0.1, 0.15) is 27.8 Å². The molecule has 1 aliphatic rings. The molecule has 4 rings (SSSR count). The van der Waals surface area contributed by atoms with Crippen LogP contribution in [0.15, 0.2) is 60.7 Å². The topological polar surface area (TPSA) is 41.9 Å². The molecule has 152 valence electrons. The number of thiophene rings is 1. The molecule has 2 aromatic carbocycles. The van der Waals surface area contributed by atoms with Gasteiger partial charge in [-0.15, -0.1) is 11.3 Å². The highest BCUT2D eigenvalue weighted by Crippen LogP contribution is 2.31. The van der Waals surface area contributed by atoms with Crippen molar-refractivity contribution in [2.75, 3.05) is 19.8 Å². The minimum absolute atomic E-state index is 0.189. The van der Waals surface area contributed by atoms with Crippen molar-refractivity contribution < 1.29 is 14.6 Å². The van der Waals surface area contributed by atoms with Gasteiger partial charge in [0.25, 0.3) is 0 Å². The van der Waals surface area contributed by atoms with Crippen molar-refractivity contribution in [1.82, 2.24) is 4.90 Å². The molecular formula is C24H27NO3S. The largest absolute Gasteiger partial charge is 0.492 e. The standard InChI is InChI=1S/C24H27NO3S/c1-18-8-10-22(29-18)16-25-12-13-27-23-11-9-20(14-19(23)15-25)24(2,26)17-28-21-6-4-3-5-7-21/h3-11,14,26H,12-13,15-17H2,1-2H3. The first-order valence-corrected chi connectivity index (χ1v) is 10.8. The molecule has 29 heavy (non-hydrogen) atoms. The van der Waals surface area contributed by atoms with Gasteiger partial charge in [0.2, 0.25) is 0 Å². The van der Waals surface area contributed by atoms with Crippen LogP contribution in [0.2, 0.25) is 0 Å². The van der Waals surface area contributed by atoms with Crippen molar-refractivity contribution >= 4 is 11.3 Å². The zero-order valence-corrected chi connectivity index (χ0v) is 17.7. The number of benzene rings is 2. The van der Waals surface area contributed by atoms with E-state index >= 15 is 0 Å². The predicted octanol–water partition coefficient (Wildman–Crippen LogP) is 4.74. The van der Waals surface area contributed by atoms with Crippen molar-refractivity contribution in [2.24, 2.45) is 0 Å². The Bertz CT molecular complexity index is 952. The maximum Gasteiger partial charge on any atom is 0.123 e. The Morgan fingerprint density at radius 2 is 1.97 bits per heavy atom. The van der Waals surface area contributed by atoms with Crippen LogP contribution in [0.4, 0.5) is 0 Å². The summed E-state index contributed by atoms with van der Waals surface area (Å²) in [4.78, 5) is 5.10. The molecule has 0 fully saturated rings. The summed E-state index contributed by atoms with van der Waals surface area (Å²) in [5.74, 6) is 1.65. The van der Waals surface area contributed by atoms with Gasteiger partial charge in [-0.05, 0) is 55.8 Å². The SMILES string of the molecule is Cc1ccc(CN2CCOc3ccc(C(C)(O)COc4ccccc4)cc3C2)s1. The number of nitrogens with zero attached hydrogens (tertiary/aromatic N) is 1. The summed E-state index contributed by atoms with van der Waals surface area (Å²) in [5, 5.41) is 11.0. The Balaban J connectivity index is 1.49. The normalized spacial score (nSPS) is 16.4. The zero-order valence-electron chi connectivity index (χ0n) is 16.9. The number of aryl methyl sites for hydroxylation is 1. The van der Waals surface area contributed by atoms with E-state index in [4.69, 9.17) is 9.47 Å². The second-order valence-electron chi connectivity index (χ2n) is 7.77. The molecule has 1 N–H and O–H groups in total. The van der Waals surface area contributed by atoms with E-state index in [-0.39, 0.29) is 6.61 Å². The molecule has 1 atom stereocenters. The van der Waals surface area contributed by atoms with Crippen LogP contribution >= 0.6 is 11.3 Å². The molecule has 0 bridgehead atoms. The highest BCUT2D eigenvalue weighted by Gasteiger charge is 2.26. The molecule has 2 heterocycles. The Hall–Kier alpha value is -2.34. The number of ether oxygens (including phenoxy) is 2. The van der Waals surface area contributed by atoms with E-state index in [0.29, 0.717) is 6.61 Å². The smallest absolute Gasteiger partial charge is 0.123 e. The highest BCUT2D eigenvalue weighted by molar-refractivity contribution is 7.11. The molecule has 0 amide bonds. The van der Waals surface area contributed by atoms with Gasteiger partial charge in [0, 0.05) is 35.0 Å². The van der Waals surface area contributed by atoms with E-state index < -0.39 is 5.60 Å². The van der Waals surface area contributed by atoms with Crippen LogP contribution in [-0.4, -0.2) is 29.8 Å². The Morgan fingerprint density at radius 3 is 2.72 bits per heavy atom. The minimum Gasteiger partial charge on any atom is -0.492 e. The fourth-order valence-electron chi connectivity index (χ4n) is 3.53. The predicted molar refractivity (Wildman–Crippen MR) is 117 cm³/mol. The molecule has 0 spiro atoms. The summed E-state index contributed by atoms with van der Waals surface area (Å²) in [6.45, 7) is 7.39. The number of aliphatic hydroxyl groups is 1. The summed E-state index contributed by atoms with van der Waals surface area (Å²) in [6.07, 6.45) is 0. The highest BCUT2D eigenvalue weighted by atomic mass is 32.1. The fourth-order valence-corrected chi connectivity index (χ4v) is 4.47. The summed E-state index contributed by atoms with van der Waals surface area (Å²) in [6, 6.07) is 19.9. The van der Waals surface area contributed by atoms with Crippen LogP contribution in [-0.2, 0) is 18.7 Å². The molecular weight excluding hydrogens is 382 g/mol. The van der Waals surface area contributed by atoms with E-state index in [1.165, 1.54) is 9.75 Å². The lowest BCUT2D eigenvalue weighted by atomic mass is 9.94. The summed E-state index contributed by atoms with van der Waals surface area (Å²) in [5.41, 5.74) is 0.852. The Kier molecular flexibility index (Phi) is 5.90. The van der Waals surface area contributed by atoms with Crippen LogP contribution in [0.3, 0.4) is 0 Å². The first-order valence-electron chi connectivity index (χ1n) is 9.94. The molecule has 3 aromatic rings. The number of hydrogen-bond acceptors (Lipinski definition) is 5. The van der Waals surface area contributed by atoms with Gasteiger partial charge in [0.1, 0.15) is 30.3 Å². The van der Waals surface area contributed by atoms with Crippen molar-refractivity contribution in [3.8, 4) is 11.5 Å². The first kappa shape index (κ1) is 20.0. The maximum absolute atomic E-state index is 11.0. The monoisotopic (exact) mass is 409 g/mol. The number of para-hydroxylation sites is 1. The van der Waals surface area contributed by atoms with Gasteiger partial charge in [-0.3, -0.25) is 4.90 Å². The van der Waals surface area contributed by atoms with Crippen molar-refractivity contribution in [2.45, 2.75) is 32.5 Å². The molecule has 4 nitrogen and oxygen atoms in total. The fraction of sp³-hybridized carbons (Fsp3) is 0.333. The molecule has 1 aromatic heterocycles. The molecule has 1 aliphatic heterocycles. The number of hydrogen-bond donors (Lipinski definition) is 1. The van der Waals surface area contributed by atoms with Gasteiger partial charge in [-0.25, -0.2) is 0 Å². The lowest BCUT2D eigenvalue weighted by molar-refractivity contribution is 0.00748. The van der Waals surface area contributed by atoms with Gasteiger partial charge in [-0.1, -0.05) is 24.3 Å². The second kappa shape index (κ2) is 8.57. The van der Waals surface area contributed by atoms with Crippen molar-refractivity contribution in [3.63, 3.8) is 0 Å². The van der Waals surface area contributed by atoms with Crippen LogP contribution in [0, 0.1) is 6.92 Å². The Labute approximate surface area is 176 Å². The average Bonchev–Trinajstić information content (AvgIpc) is 3.01. The van der Waals surface area contributed by atoms with E-state index in [1.807, 2.05) is 53.8 Å². The van der Waals surface area contributed by atoms with Crippen LogP contribution < -0.4 is 9.47 Å². The third-order valence-electron chi connectivity index (χ3n) is 5.18. The minimum atomic E-state index is -1.09. The molecule has 0 aliphatic carbocycles. The Morgan fingerprint density at radius 1 is 1.14 bits per heavy atom. The van der Waals surface area contributed by atoms with Crippen molar-refractivity contribution in [1.29, 1.82) is 0 Å². The van der Waals surface area contributed by atoms with Crippen molar-refractivity contribution in [3.05, 3.63) is 81.5 Å². The van der Waals surface area contributed by atoms with E-state index in [9.17, 15) is 5.11 Å². The van der Waals surface area contributed by atoms with Crippen LogP contribution in [0.25, 0.3) is 0 Å². The van der Waals surface area contributed by atoms with Gasteiger partial charge >= 0.3 is 0 Å². The summed E-state index contributed by atoms with van der Waals surface area (Å²) < 4.78 is 11.8. The third-order valence-corrected chi connectivity index (χ3v) is 6.17. The summed E-state index contributed by atoms with van der Waals surface area (Å²) >= 11 is 1.84. The third kappa shape index (κ3) is 4.99. The average molecular weight is 410 g/mol. The lowest BCUT2D eigenvalue weighted by Crippen LogP contribution is -2.30. The molecule has 0 saturated heterocycles. The summed E-state index contributed by atoms with van der Waals surface area (Å²) in [7, 11) is 0. The second-order valence-corrected chi connectivity index (χ2v) is 9.14. The molecule has 5 heteroatoms.